The summed E-state index contributed by atoms with van der Waals surface area (Å²) >= 11 is 0. The lowest BCUT2D eigenvalue weighted by molar-refractivity contribution is 0.260. The summed E-state index contributed by atoms with van der Waals surface area (Å²) in [6.45, 7) is 7.25. The van der Waals surface area contributed by atoms with Crippen LogP contribution < -0.4 is 4.74 Å². The molecule has 2 unspecified atom stereocenters. The molecule has 0 aliphatic carbocycles. The topological polar surface area (TPSA) is 21.8 Å². The van der Waals surface area contributed by atoms with Crippen molar-refractivity contribution in [2.24, 2.45) is 0 Å². The molecule has 1 aliphatic heterocycles. The first-order valence-corrected chi connectivity index (χ1v) is 7.48. The van der Waals surface area contributed by atoms with E-state index in [2.05, 4.69) is 45.0 Å². The van der Waals surface area contributed by atoms with Gasteiger partial charge in [0.25, 0.3) is 0 Å². The first-order valence-electron chi connectivity index (χ1n) is 7.48. The molecule has 110 valence electrons. The molecule has 1 aliphatic rings. The van der Waals surface area contributed by atoms with E-state index in [0.717, 1.165) is 5.75 Å². The van der Waals surface area contributed by atoms with Crippen LogP contribution in [0.15, 0.2) is 54.6 Å². The maximum absolute atomic E-state index is 5.82. The molecule has 3 rings (SSSR count). The molecule has 0 bridgehead atoms. The number of benzene rings is 2. The van der Waals surface area contributed by atoms with E-state index in [1.807, 2.05) is 30.3 Å². The van der Waals surface area contributed by atoms with Crippen LogP contribution in [0.4, 0.5) is 0 Å². The maximum atomic E-state index is 5.82. The highest BCUT2D eigenvalue weighted by Gasteiger charge is 2.40. The Morgan fingerprint density at radius 3 is 2.24 bits per heavy atom. The molecule has 0 spiro atoms. The van der Waals surface area contributed by atoms with E-state index >= 15 is 0 Å². The van der Waals surface area contributed by atoms with Gasteiger partial charge < -0.3 is 9.47 Å². The molecular weight excluding hydrogens is 260 g/mol. The fourth-order valence-electron chi connectivity index (χ4n) is 2.44. The molecular formula is C19H22O2. The molecule has 0 N–H and O–H groups in total. The molecule has 1 fully saturated rings. The Balaban J connectivity index is 1.53. The van der Waals surface area contributed by atoms with Crippen LogP contribution in [0.1, 0.15) is 38.0 Å². The Hall–Kier alpha value is -1.80. The predicted molar refractivity (Wildman–Crippen MR) is 84.7 cm³/mol. The Morgan fingerprint density at radius 2 is 1.62 bits per heavy atom. The van der Waals surface area contributed by atoms with Crippen LogP contribution in [-0.2, 0) is 10.2 Å². The SMILES string of the molecule is CC(C)(C)c1ccc(OCC2OC2c2ccccc2)cc1. The Kier molecular flexibility index (Phi) is 3.73. The van der Waals surface area contributed by atoms with Gasteiger partial charge in [-0.05, 0) is 28.7 Å². The third kappa shape index (κ3) is 3.45. The van der Waals surface area contributed by atoms with E-state index < -0.39 is 0 Å². The number of hydrogen-bond donors (Lipinski definition) is 0. The summed E-state index contributed by atoms with van der Waals surface area (Å²) in [5.74, 6) is 0.908. The van der Waals surface area contributed by atoms with Gasteiger partial charge in [0.15, 0.2) is 0 Å². The number of hydrogen-bond acceptors (Lipinski definition) is 2. The van der Waals surface area contributed by atoms with Crippen molar-refractivity contribution in [1.29, 1.82) is 0 Å². The van der Waals surface area contributed by atoms with E-state index in [-0.39, 0.29) is 17.6 Å². The highest BCUT2D eigenvalue weighted by molar-refractivity contribution is 5.31. The highest BCUT2D eigenvalue weighted by atomic mass is 16.6. The lowest BCUT2D eigenvalue weighted by atomic mass is 9.87. The van der Waals surface area contributed by atoms with Gasteiger partial charge in [-0.15, -0.1) is 0 Å². The molecule has 0 aromatic heterocycles. The van der Waals surface area contributed by atoms with Gasteiger partial charge in [-0.2, -0.15) is 0 Å². The normalized spacial score (nSPS) is 21.1. The van der Waals surface area contributed by atoms with Gasteiger partial charge in [0.2, 0.25) is 0 Å². The van der Waals surface area contributed by atoms with Crippen LogP contribution in [0.25, 0.3) is 0 Å². The molecule has 0 radical (unpaired) electrons. The van der Waals surface area contributed by atoms with E-state index in [1.165, 1.54) is 11.1 Å². The summed E-state index contributed by atoms with van der Waals surface area (Å²) in [5, 5.41) is 0. The quantitative estimate of drug-likeness (QED) is 0.770. The van der Waals surface area contributed by atoms with Gasteiger partial charge in [-0.25, -0.2) is 0 Å². The molecule has 0 amide bonds. The minimum atomic E-state index is 0.176. The van der Waals surface area contributed by atoms with Crippen molar-refractivity contribution in [3.63, 3.8) is 0 Å². The second kappa shape index (κ2) is 5.53. The molecule has 2 atom stereocenters. The van der Waals surface area contributed by atoms with Crippen molar-refractivity contribution in [2.75, 3.05) is 6.61 Å². The fourth-order valence-corrected chi connectivity index (χ4v) is 2.44. The lowest BCUT2D eigenvalue weighted by Crippen LogP contribution is -2.11. The Labute approximate surface area is 126 Å². The molecule has 1 saturated heterocycles. The number of rotatable bonds is 4. The van der Waals surface area contributed by atoms with Crippen molar-refractivity contribution in [3.8, 4) is 5.75 Å². The molecule has 2 aromatic carbocycles. The van der Waals surface area contributed by atoms with Gasteiger partial charge in [-0.1, -0.05) is 63.2 Å². The van der Waals surface area contributed by atoms with Crippen LogP contribution in [0.5, 0.6) is 5.75 Å². The Bertz CT molecular complexity index is 581. The molecule has 2 heteroatoms. The first kappa shape index (κ1) is 14.2. The minimum Gasteiger partial charge on any atom is -0.491 e. The second-order valence-electron chi connectivity index (χ2n) is 6.59. The lowest BCUT2D eigenvalue weighted by Gasteiger charge is -2.19. The largest absolute Gasteiger partial charge is 0.491 e. The standard InChI is InChI=1S/C19H22O2/c1-19(2,3)15-9-11-16(12-10-15)20-13-17-18(21-17)14-7-5-4-6-8-14/h4-12,17-18H,13H2,1-3H3. The molecule has 0 saturated carbocycles. The zero-order chi connectivity index (χ0) is 14.9. The monoisotopic (exact) mass is 282 g/mol. The fraction of sp³-hybridized carbons (Fsp3) is 0.368. The van der Waals surface area contributed by atoms with Gasteiger partial charge in [0, 0.05) is 0 Å². The van der Waals surface area contributed by atoms with E-state index in [1.54, 1.807) is 0 Å². The molecule has 2 nitrogen and oxygen atoms in total. The summed E-state index contributed by atoms with van der Waals surface area (Å²) in [5.41, 5.74) is 2.73. The predicted octanol–water partition coefficient (Wildman–Crippen LogP) is 4.50. The van der Waals surface area contributed by atoms with E-state index in [0.29, 0.717) is 6.61 Å². The summed E-state index contributed by atoms with van der Waals surface area (Å²) in [6, 6.07) is 18.7. The van der Waals surface area contributed by atoms with Crippen molar-refractivity contribution < 1.29 is 9.47 Å². The number of epoxide rings is 1. The average Bonchev–Trinajstić information content (AvgIpc) is 3.25. The summed E-state index contributed by atoms with van der Waals surface area (Å²) in [7, 11) is 0. The van der Waals surface area contributed by atoms with Crippen LogP contribution in [0.3, 0.4) is 0 Å². The second-order valence-corrected chi connectivity index (χ2v) is 6.59. The van der Waals surface area contributed by atoms with Crippen molar-refractivity contribution in [2.45, 2.75) is 38.4 Å². The van der Waals surface area contributed by atoms with Crippen molar-refractivity contribution in [1.82, 2.24) is 0 Å². The van der Waals surface area contributed by atoms with E-state index in [9.17, 15) is 0 Å². The first-order chi connectivity index (χ1) is 10.0. The molecule has 2 aromatic rings. The summed E-state index contributed by atoms with van der Waals surface area (Å²) < 4.78 is 11.5. The van der Waals surface area contributed by atoms with E-state index in [4.69, 9.17) is 9.47 Å². The van der Waals surface area contributed by atoms with Gasteiger partial charge >= 0.3 is 0 Å². The average molecular weight is 282 g/mol. The maximum Gasteiger partial charge on any atom is 0.123 e. The molecule has 1 heterocycles. The summed E-state index contributed by atoms with van der Waals surface area (Å²) in [6.07, 6.45) is 0.370. The van der Waals surface area contributed by atoms with Crippen LogP contribution in [0.2, 0.25) is 0 Å². The third-order valence-electron chi connectivity index (χ3n) is 3.85. The Morgan fingerprint density at radius 1 is 0.952 bits per heavy atom. The van der Waals surface area contributed by atoms with Gasteiger partial charge in [0.05, 0.1) is 0 Å². The zero-order valence-corrected chi connectivity index (χ0v) is 12.9. The van der Waals surface area contributed by atoms with Crippen LogP contribution in [-0.4, -0.2) is 12.7 Å². The van der Waals surface area contributed by atoms with Gasteiger partial charge in [-0.3, -0.25) is 0 Å². The van der Waals surface area contributed by atoms with Crippen molar-refractivity contribution >= 4 is 0 Å². The third-order valence-corrected chi connectivity index (χ3v) is 3.85. The van der Waals surface area contributed by atoms with Crippen LogP contribution in [0, 0.1) is 0 Å². The smallest absolute Gasteiger partial charge is 0.123 e. The van der Waals surface area contributed by atoms with Gasteiger partial charge in [0.1, 0.15) is 24.6 Å². The summed E-state index contributed by atoms with van der Waals surface area (Å²) in [4.78, 5) is 0. The van der Waals surface area contributed by atoms with Crippen molar-refractivity contribution in [3.05, 3.63) is 65.7 Å². The zero-order valence-electron chi connectivity index (χ0n) is 12.9. The minimum absolute atomic E-state index is 0.176. The number of ether oxygens (including phenoxy) is 2. The highest BCUT2D eigenvalue weighted by Crippen LogP contribution is 2.38. The molecule has 21 heavy (non-hydrogen) atoms. The van der Waals surface area contributed by atoms with Crippen LogP contribution >= 0.6 is 0 Å².